The minimum atomic E-state index is -0.571. The fourth-order valence-corrected chi connectivity index (χ4v) is 4.22. The Bertz CT molecular complexity index is 1280. The van der Waals surface area contributed by atoms with Crippen LogP contribution in [0.3, 0.4) is 0 Å². The fraction of sp³-hybridized carbons (Fsp3) is 0.323. The summed E-state index contributed by atoms with van der Waals surface area (Å²) >= 11 is 0. The summed E-state index contributed by atoms with van der Waals surface area (Å²) in [5.74, 6) is -0.132. The van der Waals surface area contributed by atoms with Crippen LogP contribution in [-0.2, 0) is 10.2 Å². The van der Waals surface area contributed by atoms with Gasteiger partial charge in [0, 0.05) is 17.7 Å². The number of hydrogen-bond donors (Lipinski definition) is 1. The van der Waals surface area contributed by atoms with Gasteiger partial charge in [-0.3, -0.25) is 10.1 Å². The number of nitrogens with one attached hydrogen (secondary N) is 1. The predicted octanol–water partition coefficient (Wildman–Crippen LogP) is 7.32. The number of carbonyl (C=O) groups is 2. The molecule has 0 saturated heterocycles. The lowest BCUT2D eigenvalue weighted by Gasteiger charge is -2.23. The molecule has 1 aliphatic heterocycles. The Hall–Kier alpha value is -3.93. The number of benzene rings is 3. The molecule has 0 aromatic heterocycles. The summed E-state index contributed by atoms with van der Waals surface area (Å²) in [6.45, 7) is 11.9. The molecule has 0 fully saturated rings. The van der Waals surface area contributed by atoms with E-state index in [1.807, 2.05) is 99.6 Å². The van der Waals surface area contributed by atoms with Gasteiger partial charge < -0.3 is 4.74 Å². The first-order chi connectivity index (χ1) is 17.4. The number of hydrogen-bond acceptors (Lipinski definition) is 4. The molecule has 1 unspecified atom stereocenters. The molecule has 3 aromatic rings. The van der Waals surface area contributed by atoms with E-state index >= 15 is 0 Å². The van der Waals surface area contributed by atoms with Gasteiger partial charge in [0.15, 0.2) is 0 Å². The van der Waals surface area contributed by atoms with Gasteiger partial charge in [0.2, 0.25) is 0 Å². The Labute approximate surface area is 219 Å². The Morgan fingerprint density at radius 1 is 0.865 bits per heavy atom. The second-order valence-electron chi connectivity index (χ2n) is 11.4. The third kappa shape index (κ3) is 6.45. The molecule has 0 spiro atoms. The van der Waals surface area contributed by atoms with Gasteiger partial charge in [0.25, 0.3) is 5.91 Å². The standard InChI is InChI=1S/C31H35N3O3/c1-30(2,3)24-16-12-23(13-17-24)28(35)34-27(22-10-8-7-9-11-22)20-26(33-34)21-14-18-25(19-15-21)32-29(36)37-31(4,5)6/h7-19,27H,20H2,1-6H3,(H,32,36). The fourth-order valence-electron chi connectivity index (χ4n) is 4.22. The normalized spacial score (nSPS) is 15.8. The van der Waals surface area contributed by atoms with Gasteiger partial charge in [0.05, 0.1) is 11.8 Å². The third-order valence-corrected chi connectivity index (χ3v) is 6.16. The minimum absolute atomic E-state index is 0.0115. The molecule has 0 bridgehead atoms. The van der Waals surface area contributed by atoms with Gasteiger partial charge in [-0.1, -0.05) is 75.4 Å². The summed E-state index contributed by atoms with van der Waals surface area (Å²) in [5, 5.41) is 9.14. The first-order valence-electron chi connectivity index (χ1n) is 12.6. The maximum Gasteiger partial charge on any atom is 0.412 e. The average molecular weight is 498 g/mol. The zero-order chi connectivity index (χ0) is 26.8. The molecule has 1 heterocycles. The Balaban J connectivity index is 1.58. The summed E-state index contributed by atoms with van der Waals surface area (Å²) in [6.07, 6.45) is 0.0890. The lowest BCUT2D eigenvalue weighted by Crippen LogP contribution is -2.27. The van der Waals surface area contributed by atoms with Crippen LogP contribution in [0.4, 0.5) is 10.5 Å². The van der Waals surface area contributed by atoms with Gasteiger partial charge in [-0.2, -0.15) is 5.10 Å². The van der Waals surface area contributed by atoms with Crippen molar-refractivity contribution in [1.82, 2.24) is 5.01 Å². The van der Waals surface area contributed by atoms with E-state index in [-0.39, 0.29) is 17.4 Å². The highest BCUT2D eigenvalue weighted by molar-refractivity contribution is 6.05. The maximum absolute atomic E-state index is 13.6. The van der Waals surface area contributed by atoms with Crippen LogP contribution in [0.5, 0.6) is 0 Å². The van der Waals surface area contributed by atoms with Crippen LogP contribution in [0.25, 0.3) is 0 Å². The second kappa shape index (κ2) is 10.2. The minimum Gasteiger partial charge on any atom is -0.444 e. The molecule has 192 valence electrons. The monoisotopic (exact) mass is 497 g/mol. The number of anilines is 1. The van der Waals surface area contributed by atoms with Crippen molar-refractivity contribution in [1.29, 1.82) is 0 Å². The van der Waals surface area contributed by atoms with Crippen molar-refractivity contribution in [3.63, 3.8) is 0 Å². The van der Waals surface area contributed by atoms with E-state index in [1.165, 1.54) is 5.56 Å². The number of hydrazone groups is 1. The summed E-state index contributed by atoms with van der Waals surface area (Å²) in [4.78, 5) is 25.7. The van der Waals surface area contributed by atoms with Gasteiger partial charge in [0.1, 0.15) is 5.60 Å². The molecule has 2 amide bonds. The summed E-state index contributed by atoms with van der Waals surface area (Å²) in [5.41, 5.74) is 4.60. The van der Waals surface area contributed by atoms with Gasteiger partial charge in [-0.05, 0) is 67.1 Å². The summed E-state index contributed by atoms with van der Waals surface area (Å²) in [6, 6.07) is 25.0. The molecule has 3 aromatic carbocycles. The second-order valence-corrected chi connectivity index (χ2v) is 11.4. The van der Waals surface area contributed by atoms with Crippen LogP contribution in [-0.4, -0.2) is 28.3 Å². The van der Waals surface area contributed by atoms with E-state index in [4.69, 9.17) is 9.84 Å². The SMILES string of the molecule is CC(C)(C)OC(=O)Nc1ccc(C2=NN(C(=O)c3ccc(C(C)(C)C)cc3)C(c3ccccc3)C2)cc1. The number of carbonyl (C=O) groups excluding carboxylic acids is 2. The van der Waals surface area contributed by atoms with E-state index in [1.54, 1.807) is 5.01 Å². The van der Waals surface area contributed by atoms with Crippen molar-refractivity contribution in [3.8, 4) is 0 Å². The van der Waals surface area contributed by atoms with Crippen LogP contribution in [0, 0.1) is 0 Å². The quantitative estimate of drug-likeness (QED) is 0.410. The molecule has 1 atom stereocenters. The predicted molar refractivity (Wildman–Crippen MR) is 148 cm³/mol. The van der Waals surface area contributed by atoms with Gasteiger partial charge in [-0.15, -0.1) is 0 Å². The van der Waals surface area contributed by atoms with Crippen LogP contribution >= 0.6 is 0 Å². The Morgan fingerprint density at radius 2 is 1.49 bits per heavy atom. The molecule has 6 nitrogen and oxygen atoms in total. The van der Waals surface area contributed by atoms with Crippen LogP contribution < -0.4 is 5.32 Å². The summed E-state index contributed by atoms with van der Waals surface area (Å²) in [7, 11) is 0. The molecule has 6 heteroatoms. The Morgan fingerprint density at radius 3 is 2.05 bits per heavy atom. The lowest BCUT2D eigenvalue weighted by molar-refractivity contribution is 0.0635. The molecule has 0 aliphatic carbocycles. The van der Waals surface area contributed by atoms with Crippen molar-refractivity contribution in [2.24, 2.45) is 5.10 Å². The largest absolute Gasteiger partial charge is 0.444 e. The number of ether oxygens (including phenoxy) is 1. The zero-order valence-electron chi connectivity index (χ0n) is 22.4. The summed E-state index contributed by atoms with van der Waals surface area (Å²) < 4.78 is 5.33. The van der Waals surface area contributed by atoms with Crippen LogP contribution in [0.2, 0.25) is 0 Å². The Kier molecular flexibility index (Phi) is 7.21. The molecule has 4 rings (SSSR count). The topological polar surface area (TPSA) is 71.0 Å². The average Bonchev–Trinajstić information content (AvgIpc) is 3.28. The van der Waals surface area contributed by atoms with Gasteiger partial charge >= 0.3 is 6.09 Å². The van der Waals surface area contributed by atoms with Crippen molar-refractivity contribution < 1.29 is 14.3 Å². The highest BCUT2D eigenvalue weighted by atomic mass is 16.6. The first kappa shape index (κ1) is 26.1. The molecule has 37 heavy (non-hydrogen) atoms. The lowest BCUT2D eigenvalue weighted by atomic mass is 9.86. The van der Waals surface area contributed by atoms with Crippen LogP contribution in [0.1, 0.15) is 81.1 Å². The van der Waals surface area contributed by atoms with E-state index in [2.05, 4.69) is 26.1 Å². The third-order valence-electron chi connectivity index (χ3n) is 6.16. The number of rotatable bonds is 4. The van der Waals surface area contributed by atoms with Crippen molar-refractivity contribution >= 4 is 23.4 Å². The van der Waals surface area contributed by atoms with E-state index < -0.39 is 11.7 Å². The highest BCUT2D eigenvalue weighted by Crippen LogP contribution is 2.34. The molecule has 1 N–H and O–H groups in total. The zero-order valence-corrected chi connectivity index (χ0v) is 22.4. The molecular formula is C31H35N3O3. The number of nitrogens with zero attached hydrogens (tertiary/aromatic N) is 2. The van der Waals surface area contributed by atoms with Crippen molar-refractivity contribution in [2.45, 2.75) is 65.0 Å². The van der Waals surface area contributed by atoms with Crippen LogP contribution in [0.15, 0.2) is 84.0 Å². The molecule has 0 radical (unpaired) electrons. The van der Waals surface area contributed by atoms with E-state index in [0.29, 0.717) is 17.7 Å². The first-order valence-corrected chi connectivity index (χ1v) is 12.6. The molecule has 1 aliphatic rings. The van der Waals surface area contributed by atoms with Crippen molar-refractivity contribution in [3.05, 3.63) is 101 Å². The highest BCUT2D eigenvalue weighted by Gasteiger charge is 2.33. The smallest absolute Gasteiger partial charge is 0.412 e. The van der Waals surface area contributed by atoms with Gasteiger partial charge in [-0.25, -0.2) is 9.80 Å². The maximum atomic E-state index is 13.6. The van der Waals surface area contributed by atoms with Crippen molar-refractivity contribution in [2.75, 3.05) is 5.32 Å². The number of amides is 2. The molecular weight excluding hydrogens is 462 g/mol. The van der Waals surface area contributed by atoms with E-state index in [0.717, 1.165) is 16.8 Å². The molecule has 0 saturated carbocycles. The van der Waals surface area contributed by atoms with E-state index in [9.17, 15) is 9.59 Å².